The number of hydrogen-bond acceptors (Lipinski definition) is 6. The standard InChI is InChI=1S/C15H12N6/c1-2-6-12(7-3-1)18-19-14-9-5-4-8-13(14)17-15-10-11-16-21-20-15/h1-11H,(H,16,17,20). The first-order chi connectivity index (χ1) is 10.4. The van der Waals surface area contributed by atoms with E-state index in [9.17, 15) is 0 Å². The zero-order valence-electron chi connectivity index (χ0n) is 11.1. The first-order valence-electron chi connectivity index (χ1n) is 6.39. The molecule has 0 aliphatic carbocycles. The Labute approximate surface area is 121 Å². The van der Waals surface area contributed by atoms with Crippen LogP contribution in [0, 0.1) is 0 Å². The number of benzene rings is 2. The Hall–Kier alpha value is -3.15. The van der Waals surface area contributed by atoms with Gasteiger partial charge in [0, 0.05) is 6.07 Å². The zero-order valence-corrected chi connectivity index (χ0v) is 11.1. The molecule has 0 aliphatic heterocycles. The molecule has 0 bridgehead atoms. The van der Waals surface area contributed by atoms with Crippen molar-refractivity contribution in [1.82, 2.24) is 15.4 Å². The van der Waals surface area contributed by atoms with Gasteiger partial charge in [-0.05, 0) is 29.5 Å². The molecule has 0 radical (unpaired) electrons. The zero-order chi connectivity index (χ0) is 14.3. The summed E-state index contributed by atoms with van der Waals surface area (Å²) in [6.07, 6.45) is 1.57. The van der Waals surface area contributed by atoms with Crippen LogP contribution in [0.25, 0.3) is 0 Å². The second-order valence-electron chi connectivity index (χ2n) is 4.18. The van der Waals surface area contributed by atoms with Crippen molar-refractivity contribution in [3.63, 3.8) is 0 Å². The summed E-state index contributed by atoms with van der Waals surface area (Å²) in [5, 5.41) is 22.7. The summed E-state index contributed by atoms with van der Waals surface area (Å²) in [5.41, 5.74) is 2.33. The number of nitrogens with zero attached hydrogens (tertiary/aromatic N) is 5. The third-order valence-corrected chi connectivity index (χ3v) is 2.70. The van der Waals surface area contributed by atoms with Gasteiger partial charge in [-0.3, -0.25) is 0 Å². The molecular weight excluding hydrogens is 264 g/mol. The molecule has 0 aliphatic rings. The van der Waals surface area contributed by atoms with Gasteiger partial charge in [-0.1, -0.05) is 30.3 Å². The monoisotopic (exact) mass is 276 g/mol. The molecule has 0 unspecified atom stereocenters. The van der Waals surface area contributed by atoms with E-state index in [4.69, 9.17) is 0 Å². The number of para-hydroxylation sites is 1. The number of azo groups is 1. The molecule has 6 nitrogen and oxygen atoms in total. The Bertz CT molecular complexity index is 727. The van der Waals surface area contributed by atoms with Gasteiger partial charge in [0.2, 0.25) is 0 Å². The number of hydrogen-bond donors (Lipinski definition) is 1. The number of nitrogens with one attached hydrogen (secondary N) is 1. The highest BCUT2D eigenvalue weighted by molar-refractivity contribution is 5.70. The summed E-state index contributed by atoms with van der Waals surface area (Å²) in [5.74, 6) is 0.604. The van der Waals surface area contributed by atoms with E-state index in [2.05, 4.69) is 31.0 Å². The van der Waals surface area contributed by atoms with Crippen molar-refractivity contribution in [2.75, 3.05) is 5.32 Å². The van der Waals surface area contributed by atoms with Crippen molar-refractivity contribution < 1.29 is 0 Å². The Balaban J connectivity index is 1.84. The second-order valence-corrected chi connectivity index (χ2v) is 4.18. The predicted molar refractivity (Wildman–Crippen MR) is 80.2 cm³/mol. The highest BCUT2D eigenvalue weighted by atomic mass is 15.3. The van der Waals surface area contributed by atoms with Crippen LogP contribution < -0.4 is 5.32 Å². The Morgan fingerprint density at radius 2 is 1.62 bits per heavy atom. The van der Waals surface area contributed by atoms with Gasteiger partial charge in [0.05, 0.1) is 17.6 Å². The van der Waals surface area contributed by atoms with E-state index in [0.29, 0.717) is 5.82 Å². The van der Waals surface area contributed by atoms with Crippen LogP contribution in [0.5, 0.6) is 0 Å². The van der Waals surface area contributed by atoms with E-state index in [1.807, 2.05) is 54.6 Å². The van der Waals surface area contributed by atoms with Crippen LogP contribution in [0.15, 0.2) is 77.1 Å². The summed E-state index contributed by atoms with van der Waals surface area (Å²) >= 11 is 0. The smallest absolute Gasteiger partial charge is 0.156 e. The van der Waals surface area contributed by atoms with Gasteiger partial charge in [0.15, 0.2) is 5.82 Å². The minimum absolute atomic E-state index is 0.604. The molecule has 2 aromatic carbocycles. The predicted octanol–water partition coefficient (Wildman–Crippen LogP) is 4.03. The van der Waals surface area contributed by atoms with Gasteiger partial charge in [-0.2, -0.15) is 5.11 Å². The average Bonchev–Trinajstić information content (AvgIpc) is 2.56. The minimum atomic E-state index is 0.604. The SMILES string of the molecule is c1ccc(N=Nc2ccccc2Nc2ccnnn2)cc1. The fraction of sp³-hybridized carbons (Fsp3) is 0. The van der Waals surface area contributed by atoms with E-state index < -0.39 is 0 Å². The third kappa shape index (κ3) is 3.44. The third-order valence-electron chi connectivity index (χ3n) is 2.70. The number of anilines is 2. The van der Waals surface area contributed by atoms with Crippen LogP contribution >= 0.6 is 0 Å². The topological polar surface area (TPSA) is 75.4 Å². The molecule has 1 aromatic heterocycles. The van der Waals surface area contributed by atoms with E-state index in [0.717, 1.165) is 17.1 Å². The molecule has 102 valence electrons. The van der Waals surface area contributed by atoms with Gasteiger partial charge in [-0.15, -0.1) is 15.3 Å². The Kier molecular flexibility index (Phi) is 3.88. The lowest BCUT2D eigenvalue weighted by atomic mass is 10.2. The second kappa shape index (κ2) is 6.33. The van der Waals surface area contributed by atoms with Crippen LogP contribution in [-0.4, -0.2) is 15.4 Å². The molecule has 0 atom stereocenters. The van der Waals surface area contributed by atoms with Crippen LogP contribution in [-0.2, 0) is 0 Å². The van der Waals surface area contributed by atoms with E-state index in [1.54, 1.807) is 12.3 Å². The van der Waals surface area contributed by atoms with Crippen LogP contribution in [0.3, 0.4) is 0 Å². The molecule has 6 heteroatoms. The maximum Gasteiger partial charge on any atom is 0.156 e. The number of rotatable bonds is 4. The molecule has 3 aromatic rings. The van der Waals surface area contributed by atoms with Crippen LogP contribution in [0.2, 0.25) is 0 Å². The Morgan fingerprint density at radius 3 is 2.43 bits per heavy atom. The molecule has 0 amide bonds. The fourth-order valence-corrected chi connectivity index (χ4v) is 1.72. The summed E-state index contributed by atoms with van der Waals surface area (Å²) in [4.78, 5) is 0. The molecule has 0 fully saturated rings. The van der Waals surface area contributed by atoms with Crippen molar-refractivity contribution in [3.8, 4) is 0 Å². The fourth-order valence-electron chi connectivity index (χ4n) is 1.72. The van der Waals surface area contributed by atoms with Crippen molar-refractivity contribution >= 4 is 22.9 Å². The summed E-state index contributed by atoms with van der Waals surface area (Å²) in [6, 6.07) is 18.9. The molecule has 3 rings (SSSR count). The highest BCUT2D eigenvalue weighted by Crippen LogP contribution is 2.28. The maximum atomic E-state index is 4.27. The average molecular weight is 276 g/mol. The van der Waals surface area contributed by atoms with E-state index >= 15 is 0 Å². The van der Waals surface area contributed by atoms with Gasteiger partial charge in [0.25, 0.3) is 0 Å². The lowest BCUT2D eigenvalue weighted by molar-refractivity contribution is 0.871. The lowest BCUT2D eigenvalue weighted by Crippen LogP contribution is -1.96. The Morgan fingerprint density at radius 1 is 0.810 bits per heavy atom. The van der Waals surface area contributed by atoms with Crippen molar-refractivity contribution in [2.45, 2.75) is 0 Å². The molecule has 1 heterocycles. The summed E-state index contributed by atoms with van der Waals surface area (Å²) in [7, 11) is 0. The van der Waals surface area contributed by atoms with Gasteiger partial charge >= 0.3 is 0 Å². The van der Waals surface area contributed by atoms with Gasteiger partial charge < -0.3 is 5.32 Å². The van der Waals surface area contributed by atoms with E-state index in [-0.39, 0.29) is 0 Å². The van der Waals surface area contributed by atoms with Crippen molar-refractivity contribution in [1.29, 1.82) is 0 Å². The van der Waals surface area contributed by atoms with Gasteiger partial charge in [-0.25, -0.2) is 0 Å². The van der Waals surface area contributed by atoms with Crippen molar-refractivity contribution in [3.05, 3.63) is 66.9 Å². The maximum absolute atomic E-state index is 4.27. The molecule has 0 spiro atoms. The normalized spacial score (nSPS) is 10.7. The molecule has 1 N–H and O–H groups in total. The van der Waals surface area contributed by atoms with Crippen LogP contribution in [0.4, 0.5) is 22.9 Å². The first kappa shape index (κ1) is 12.9. The first-order valence-corrected chi connectivity index (χ1v) is 6.39. The van der Waals surface area contributed by atoms with Gasteiger partial charge in [0.1, 0.15) is 5.69 Å². The summed E-state index contributed by atoms with van der Waals surface area (Å²) in [6.45, 7) is 0. The quantitative estimate of drug-likeness (QED) is 0.730. The highest BCUT2D eigenvalue weighted by Gasteiger charge is 2.02. The molecular formula is C15H12N6. The van der Waals surface area contributed by atoms with Crippen molar-refractivity contribution in [2.24, 2.45) is 10.2 Å². The summed E-state index contributed by atoms with van der Waals surface area (Å²) < 4.78 is 0. The largest absolute Gasteiger partial charge is 0.337 e. The van der Waals surface area contributed by atoms with Crippen LogP contribution in [0.1, 0.15) is 0 Å². The minimum Gasteiger partial charge on any atom is -0.337 e. The lowest BCUT2D eigenvalue weighted by Gasteiger charge is -2.06. The molecule has 0 saturated carbocycles. The van der Waals surface area contributed by atoms with E-state index in [1.165, 1.54) is 0 Å². The number of aromatic nitrogens is 3. The molecule has 0 saturated heterocycles. The molecule has 21 heavy (non-hydrogen) atoms.